The van der Waals surface area contributed by atoms with E-state index in [1.54, 1.807) is 0 Å². The number of aliphatic hydroxyl groups is 1. The Hall–Kier alpha value is -1.94. The van der Waals surface area contributed by atoms with Gasteiger partial charge in [0.1, 0.15) is 19.3 Å². The van der Waals surface area contributed by atoms with Crippen LogP contribution in [0.25, 0.3) is 0 Å². The van der Waals surface area contributed by atoms with E-state index in [1.807, 2.05) is 0 Å². The monoisotopic (exact) mass is 1450 g/mol. The Kier molecular flexibility index (Phi) is 67.8. The second-order valence-corrected chi connectivity index (χ2v) is 33.1. The molecule has 99 heavy (non-hydrogen) atoms. The van der Waals surface area contributed by atoms with Crippen molar-refractivity contribution in [3.63, 3.8) is 0 Å². The molecule has 0 amide bonds. The van der Waals surface area contributed by atoms with Gasteiger partial charge in [-0.05, 0) is 49.4 Å². The summed E-state index contributed by atoms with van der Waals surface area (Å²) in [7, 11) is -9.92. The summed E-state index contributed by atoms with van der Waals surface area (Å²) in [5, 5.41) is 10.6. The maximum atomic E-state index is 13.1. The molecule has 7 atom stereocenters. The molecule has 0 aromatic carbocycles. The van der Waals surface area contributed by atoms with Gasteiger partial charge in [0.25, 0.3) is 0 Å². The minimum atomic E-state index is -4.96. The Balaban J connectivity index is 5.12. The summed E-state index contributed by atoms with van der Waals surface area (Å²) >= 11 is 0. The fraction of sp³-hybridized carbons (Fsp3) is 0.950. The smallest absolute Gasteiger partial charge is 0.462 e. The van der Waals surface area contributed by atoms with Crippen molar-refractivity contribution in [2.45, 2.75) is 427 Å². The maximum Gasteiger partial charge on any atom is 0.472 e. The lowest BCUT2D eigenvalue weighted by Gasteiger charge is -2.21. The van der Waals surface area contributed by atoms with E-state index in [9.17, 15) is 43.2 Å². The lowest BCUT2D eigenvalue weighted by molar-refractivity contribution is -0.161. The Bertz CT molecular complexity index is 1940. The van der Waals surface area contributed by atoms with Crippen molar-refractivity contribution in [3.8, 4) is 0 Å². The number of phosphoric ester groups is 2. The molecule has 0 radical (unpaired) electrons. The van der Waals surface area contributed by atoms with Gasteiger partial charge in [-0.1, -0.05) is 357 Å². The van der Waals surface area contributed by atoms with E-state index < -0.39 is 97.5 Å². The Morgan fingerprint density at radius 1 is 0.283 bits per heavy atom. The molecule has 0 aromatic rings. The van der Waals surface area contributed by atoms with Crippen molar-refractivity contribution in [1.29, 1.82) is 0 Å². The highest BCUT2D eigenvalue weighted by molar-refractivity contribution is 7.47. The third kappa shape index (κ3) is 71.5. The minimum absolute atomic E-state index is 0.103. The van der Waals surface area contributed by atoms with E-state index in [0.29, 0.717) is 37.5 Å². The SMILES string of the molecule is CCC(C)CCCCCCCCCCCCCCCCCCCCC(=O)O[C@H](COC(=O)CCCCCCCCC(C)C)COP(=O)(O)OC[C@H](O)COP(=O)(O)OC[C@@H](COC(=O)CCCCCCCCCCCCCCCCC(C)CC)OC(=O)CCCCCCCCCC(C)C. The van der Waals surface area contributed by atoms with E-state index in [-0.39, 0.29) is 25.7 Å². The second-order valence-electron chi connectivity index (χ2n) is 30.2. The predicted octanol–water partition coefficient (Wildman–Crippen LogP) is 23.6. The van der Waals surface area contributed by atoms with Crippen molar-refractivity contribution in [3.05, 3.63) is 0 Å². The average molecular weight is 1450 g/mol. The molecule has 0 saturated carbocycles. The van der Waals surface area contributed by atoms with Crippen LogP contribution in [0, 0.1) is 23.7 Å². The highest BCUT2D eigenvalue weighted by Gasteiger charge is 2.30. The van der Waals surface area contributed by atoms with Gasteiger partial charge in [0.2, 0.25) is 0 Å². The van der Waals surface area contributed by atoms with E-state index in [4.69, 9.17) is 37.0 Å². The summed E-state index contributed by atoms with van der Waals surface area (Å²) in [5.74, 6) is 0.975. The summed E-state index contributed by atoms with van der Waals surface area (Å²) in [6, 6.07) is 0. The quantitative estimate of drug-likeness (QED) is 0.0222. The molecule has 0 rings (SSSR count). The number of unbranched alkanes of at least 4 members (excludes halogenated alkanes) is 41. The van der Waals surface area contributed by atoms with Gasteiger partial charge in [0.05, 0.1) is 26.4 Å². The number of carbonyl (C=O) groups excluding carboxylic acids is 4. The first kappa shape index (κ1) is 97.1. The minimum Gasteiger partial charge on any atom is -0.462 e. The van der Waals surface area contributed by atoms with E-state index >= 15 is 0 Å². The van der Waals surface area contributed by atoms with Crippen molar-refractivity contribution >= 4 is 39.5 Å². The van der Waals surface area contributed by atoms with Gasteiger partial charge in [-0.2, -0.15) is 0 Å². The summed E-state index contributed by atoms with van der Waals surface area (Å²) in [6.45, 7) is 14.2. The number of carbonyl (C=O) groups is 4. The van der Waals surface area contributed by atoms with Crippen LogP contribution in [0.15, 0.2) is 0 Å². The largest absolute Gasteiger partial charge is 0.472 e. The zero-order valence-corrected chi connectivity index (χ0v) is 66.9. The van der Waals surface area contributed by atoms with Crippen LogP contribution in [0.4, 0.5) is 0 Å². The first-order valence-electron chi connectivity index (χ1n) is 41.3. The first-order chi connectivity index (χ1) is 47.7. The van der Waals surface area contributed by atoms with Crippen LogP contribution in [0.1, 0.15) is 409 Å². The number of esters is 4. The number of ether oxygens (including phenoxy) is 4. The lowest BCUT2D eigenvalue weighted by atomic mass is 9.99. The summed E-state index contributed by atoms with van der Waals surface area (Å²) in [4.78, 5) is 72.8. The van der Waals surface area contributed by atoms with Gasteiger partial charge in [-0.15, -0.1) is 0 Å². The van der Waals surface area contributed by atoms with Gasteiger partial charge in [-0.3, -0.25) is 37.3 Å². The zero-order chi connectivity index (χ0) is 73.1. The average Bonchev–Trinajstić information content (AvgIpc) is 0.981. The zero-order valence-electron chi connectivity index (χ0n) is 65.1. The Morgan fingerprint density at radius 2 is 0.485 bits per heavy atom. The maximum absolute atomic E-state index is 13.1. The van der Waals surface area contributed by atoms with E-state index in [1.165, 1.54) is 205 Å². The van der Waals surface area contributed by atoms with E-state index in [0.717, 1.165) is 108 Å². The van der Waals surface area contributed by atoms with Gasteiger partial charge in [-0.25, -0.2) is 9.13 Å². The molecule has 0 aromatic heterocycles. The van der Waals surface area contributed by atoms with Crippen molar-refractivity contribution in [1.82, 2.24) is 0 Å². The number of aliphatic hydroxyl groups excluding tert-OH is 1. The standard InChI is InChI=1S/C80H156O17P2/c1-9-72(7)58-50-42-33-27-23-19-15-13-11-12-14-16-22-26-30-36-46-54-62-79(84)96-76(67-91-78(83)61-53-45-39-38-41-49-57-71(5)6)69-95-99(88,89)93-65-74(81)64-92-98(86,87)94-68-75(97-80(85)63-55-47-37-31-32-40-48-56-70(3)4)66-90-77(82)60-52-44-35-29-25-21-18-17-20-24-28-34-43-51-59-73(8)10-2/h70-76,81H,9-69H2,1-8H3,(H,86,87)(H,88,89)/t72?,73?,74-,75-,76-/m1/s1. The number of phosphoric acid groups is 2. The molecule has 0 aliphatic rings. The van der Waals surface area contributed by atoms with Crippen molar-refractivity contribution < 1.29 is 80.2 Å². The lowest BCUT2D eigenvalue weighted by Crippen LogP contribution is -2.30. The fourth-order valence-electron chi connectivity index (χ4n) is 12.2. The highest BCUT2D eigenvalue weighted by Crippen LogP contribution is 2.45. The number of hydrogen-bond donors (Lipinski definition) is 3. The normalized spacial score (nSPS) is 14.6. The summed E-state index contributed by atoms with van der Waals surface area (Å²) in [5.41, 5.74) is 0. The molecular formula is C80H156O17P2. The van der Waals surface area contributed by atoms with Gasteiger partial charge < -0.3 is 33.8 Å². The molecule has 19 heteroatoms. The van der Waals surface area contributed by atoms with Gasteiger partial charge in [0, 0.05) is 25.7 Å². The molecule has 0 aliphatic carbocycles. The van der Waals surface area contributed by atoms with Crippen LogP contribution in [-0.2, 0) is 65.4 Å². The van der Waals surface area contributed by atoms with Crippen LogP contribution in [0.2, 0.25) is 0 Å². The molecular weight excluding hydrogens is 1290 g/mol. The van der Waals surface area contributed by atoms with Crippen LogP contribution in [0.5, 0.6) is 0 Å². The van der Waals surface area contributed by atoms with Gasteiger partial charge in [0.15, 0.2) is 12.2 Å². The van der Waals surface area contributed by atoms with Crippen LogP contribution in [0.3, 0.4) is 0 Å². The molecule has 588 valence electrons. The van der Waals surface area contributed by atoms with Crippen molar-refractivity contribution in [2.24, 2.45) is 23.7 Å². The second kappa shape index (κ2) is 69.1. The van der Waals surface area contributed by atoms with E-state index in [2.05, 4.69) is 55.4 Å². The summed E-state index contributed by atoms with van der Waals surface area (Å²) in [6.07, 6.45) is 55.8. The first-order valence-corrected chi connectivity index (χ1v) is 44.3. The predicted molar refractivity (Wildman–Crippen MR) is 404 cm³/mol. The number of hydrogen-bond acceptors (Lipinski definition) is 15. The fourth-order valence-corrected chi connectivity index (χ4v) is 13.8. The molecule has 0 aliphatic heterocycles. The molecule has 0 heterocycles. The third-order valence-corrected chi connectivity index (χ3v) is 21.2. The highest BCUT2D eigenvalue weighted by atomic mass is 31.2. The molecule has 4 unspecified atom stereocenters. The van der Waals surface area contributed by atoms with Crippen LogP contribution in [-0.4, -0.2) is 96.7 Å². The van der Waals surface area contributed by atoms with Gasteiger partial charge >= 0.3 is 39.5 Å². The molecule has 0 bridgehead atoms. The Morgan fingerprint density at radius 3 is 0.717 bits per heavy atom. The molecule has 3 N–H and O–H groups in total. The molecule has 0 fully saturated rings. The van der Waals surface area contributed by atoms with Crippen LogP contribution < -0.4 is 0 Å². The summed E-state index contributed by atoms with van der Waals surface area (Å²) < 4.78 is 68.6. The van der Waals surface area contributed by atoms with Crippen LogP contribution >= 0.6 is 15.6 Å². The molecule has 17 nitrogen and oxygen atoms in total. The third-order valence-electron chi connectivity index (χ3n) is 19.3. The van der Waals surface area contributed by atoms with Crippen molar-refractivity contribution in [2.75, 3.05) is 39.6 Å². The molecule has 0 saturated heterocycles. The topological polar surface area (TPSA) is 237 Å². The number of rotatable bonds is 77. The Labute approximate surface area is 607 Å². The molecule has 0 spiro atoms.